The molecule has 0 spiro atoms. The summed E-state index contributed by atoms with van der Waals surface area (Å²) in [6.45, 7) is 7.58. The van der Waals surface area contributed by atoms with Crippen molar-refractivity contribution in [3.63, 3.8) is 0 Å². The molecule has 1 aliphatic heterocycles. The fraction of sp³-hybridized carbons (Fsp3) is 0.462. The molecule has 0 bridgehead atoms. The van der Waals surface area contributed by atoms with Gasteiger partial charge >= 0.3 is 7.12 Å². The zero-order valence-electron chi connectivity index (χ0n) is 13.2. The number of nitrogens with one attached hydrogen (secondary N) is 1. The summed E-state index contributed by atoms with van der Waals surface area (Å²) in [5, 5.41) is 24.9. The highest BCUT2D eigenvalue weighted by atomic mass is 16.7. The maximum absolute atomic E-state index is 11.5. The van der Waals surface area contributed by atoms with Crippen LogP contribution < -0.4 is 5.46 Å². The van der Waals surface area contributed by atoms with Gasteiger partial charge < -0.3 is 9.31 Å². The molecule has 2 heterocycles. The van der Waals surface area contributed by atoms with Crippen molar-refractivity contribution in [3.8, 4) is 11.4 Å². The molecule has 1 aliphatic rings. The molecule has 0 saturated carbocycles. The Kier molecular flexibility index (Phi) is 3.45. The van der Waals surface area contributed by atoms with Crippen molar-refractivity contribution in [2.24, 2.45) is 0 Å². The Balaban J connectivity index is 2.02. The van der Waals surface area contributed by atoms with E-state index in [1.165, 1.54) is 6.07 Å². The van der Waals surface area contributed by atoms with E-state index in [2.05, 4.69) is 20.6 Å². The summed E-state index contributed by atoms with van der Waals surface area (Å²) in [6, 6.07) is 4.68. The number of rotatable bonds is 3. The van der Waals surface area contributed by atoms with Crippen LogP contribution in [0.5, 0.6) is 0 Å². The second kappa shape index (κ2) is 5.10. The molecule has 9 nitrogen and oxygen atoms in total. The van der Waals surface area contributed by atoms with Crippen LogP contribution in [0.4, 0.5) is 5.69 Å². The molecule has 0 unspecified atom stereocenters. The number of hydrogen-bond donors (Lipinski definition) is 1. The number of nitro groups is 1. The fourth-order valence-electron chi connectivity index (χ4n) is 2.29. The van der Waals surface area contributed by atoms with Gasteiger partial charge in [-0.2, -0.15) is 5.21 Å². The van der Waals surface area contributed by atoms with E-state index >= 15 is 0 Å². The van der Waals surface area contributed by atoms with Crippen LogP contribution in [0, 0.1) is 10.1 Å². The Morgan fingerprint density at radius 3 is 2.39 bits per heavy atom. The summed E-state index contributed by atoms with van der Waals surface area (Å²) in [4.78, 5) is 11.0. The number of nitrogens with zero attached hydrogens (tertiary/aromatic N) is 4. The zero-order chi connectivity index (χ0) is 16.8. The summed E-state index contributed by atoms with van der Waals surface area (Å²) < 4.78 is 11.8. The highest BCUT2D eigenvalue weighted by Crippen LogP contribution is 2.37. The fourth-order valence-corrected chi connectivity index (χ4v) is 2.29. The van der Waals surface area contributed by atoms with E-state index < -0.39 is 23.2 Å². The van der Waals surface area contributed by atoms with Gasteiger partial charge in [-0.25, -0.2) is 0 Å². The standard InChI is InChI=1S/C13H16BN5O4/c1-12(2)13(3,4)23-14(22-12)9-6-5-8(7-10(9)19(20)21)11-15-17-18-16-11/h5-7H,1-4H3,(H,15,16,17,18). The van der Waals surface area contributed by atoms with Gasteiger partial charge in [-0.1, -0.05) is 12.1 Å². The molecule has 1 N–H and O–H groups in total. The quantitative estimate of drug-likeness (QED) is 0.511. The lowest BCUT2D eigenvalue weighted by Gasteiger charge is -2.32. The third-order valence-electron chi connectivity index (χ3n) is 4.34. The van der Waals surface area contributed by atoms with Crippen molar-refractivity contribution >= 4 is 18.3 Å². The van der Waals surface area contributed by atoms with E-state index in [-0.39, 0.29) is 11.5 Å². The Morgan fingerprint density at radius 1 is 1.22 bits per heavy atom. The minimum absolute atomic E-state index is 0.106. The Labute approximate surface area is 132 Å². The van der Waals surface area contributed by atoms with Gasteiger partial charge in [0.1, 0.15) is 0 Å². The Hall–Kier alpha value is -2.33. The lowest BCUT2D eigenvalue weighted by atomic mass is 9.77. The maximum Gasteiger partial charge on any atom is 0.501 e. The molecule has 0 amide bonds. The molecule has 0 atom stereocenters. The first-order valence-corrected chi connectivity index (χ1v) is 7.09. The smallest absolute Gasteiger partial charge is 0.399 e. The monoisotopic (exact) mass is 317 g/mol. The molecule has 3 rings (SSSR count). The minimum atomic E-state index is -0.806. The minimum Gasteiger partial charge on any atom is -0.399 e. The van der Waals surface area contributed by atoms with Crippen LogP contribution in [-0.2, 0) is 9.31 Å². The third-order valence-corrected chi connectivity index (χ3v) is 4.34. The first-order valence-electron chi connectivity index (χ1n) is 7.09. The molecule has 0 radical (unpaired) electrons. The van der Waals surface area contributed by atoms with Crippen LogP contribution in [0.15, 0.2) is 18.2 Å². The number of hydrogen-bond acceptors (Lipinski definition) is 7. The van der Waals surface area contributed by atoms with Crippen molar-refractivity contribution in [3.05, 3.63) is 28.3 Å². The molecular weight excluding hydrogens is 301 g/mol. The van der Waals surface area contributed by atoms with Crippen LogP contribution in [0.3, 0.4) is 0 Å². The van der Waals surface area contributed by atoms with E-state index in [1.807, 2.05) is 27.7 Å². The van der Waals surface area contributed by atoms with Crippen molar-refractivity contribution in [2.75, 3.05) is 0 Å². The molecule has 0 aliphatic carbocycles. The van der Waals surface area contributed by atoms with E-state index in [1.54, 1.807) is 12.1 Å². The number of aromatic amines is 1. The Bertz CT molecular complexity index is 731. The number of aromatic nitrogens is 4. The number of nitro benzene ring substituents is 1. The molecule has 1 aromatic carbocycles. The Morgan fingerprint density at radius 2 is 1.87 bits per heavy atom. The normalized spacial score (nSPS) is 19.0. The predicted molar refractivity (Wildman–Crippen MR) is 82.0 cm³/mol. The lowest BCUT2D eigenvalue weighted by molar-refractivity contribution is -0.383. The van der Waals surface area contributed by atoms with Gasteiger partial charge in [-0.05, 0) is 32.9 Å². The predicted octanol–water partition coefficient (Wildman–Crippen LogP) is 1.07. The highest BCUT2D eigenvalue weighted by molar-refractivity contribution is 6.63. The van der Waals surface area contributed by atoms with Crippen molar-refractivity contribution in [2.45, 2.75) is 38.9 Å². The van der Waals surface area contributed by atoms with Crippen molar-refractivity contribution in [1.82, 2.24) is 20.6 Å². The second-order valence-corrected chi connectivity index (χ2v) is 6.35. The largest absolute Gasteiger partial charge is 0.501 e. The summed E-state index contributed by atoms with van der Waals surface area (Å²) in [5.41, 5.74) is -0.395. The molecule has 120 valence electrons. The third kappa shape index (κ3) is 2.59. The number of benzene rings is 1. The van der Waals surface area contributed by atoms with Gasteiger partial charge in [0.05, 0.1) is 21.6 Å². The molecule has 23 heavy (non-hydrogen) atoms. The molecule has 1 fully saturated rings. The first kappa shape index (κ1) is 15.6. The molecule has 10 heteroatoms. The van der Waals surface area contributed by atoms with Crippen LogP contribution in [0.1, 0.15) is 27.7 Å². The SMILES string of the molecule is CC1(C)OB(c2ccc(-c3nn[nH]n3)cc2[N+](=O)[O-])OC1(C)C. The van der Waals surface area contributed by atoms with Crippen LogP contribution >= 0.6 is 0 Å². The topological polar surface area (TPSA) is 116 Å². The molecular formula is C13H16BN5O4. The second-order valence-electron chi connectivity index (χ2n) is 6.35. The molecule has 2 aromatic rings. The maximum atomic E-state index is 11.5. The van der Waals surface area contributed by atoms with Crippen LogP contribution in [0.25, 0.3) is 11.4 Å². The summed E-state index contributed by atoms with van der Waals surface area (Å²) >= 11 is 0. The average molecular weight is 317 g/mol. The highest BCUT2D eigenvalue weighted by Gasteiger charge is 2.53. The van der Waals surface area contributed by atoms with E-state index in [4.69, 9.17) is 9.31 Å². The van der Waals surface area contributed by atoms with Gasteiger partial charge in [-0.15, -0.1) is 10.2 Å². The van der Waals surface area contributed by atoms with Gasteiger partial charge in [0.15, 0.2) is 0 Å². The number of tetrazole rings is 1. The van der Waals surface area contributed by atoms with Crippen LogP contribution in [-0.4, -0.2) is 43.9 Å². The van der Waals surface area contributed by atoms with Gasteiger partial charge in [0.2, 0.25) is 5.82 Å². The van der Waals surface area contributed by atoms with E-state index in [0.29, 0.717) is 11.0 Å². The van der Waals surface area contributed by atoms with Crippen molar-refractivity contribution in [1.29, 1.82) is 0 Å². The zero-order valence-corrected chi connectivity index (χ0v) is 13.2. The number of H-pyrrole nitrogens is 1. The summed E-state index contributed by atoms with van der Waals surface area (Å²) in [7, 11) is -0.806. The van der Waals surface area contributed by atoms with Gasteiger partial charge in [0, 0.05) is 11.6 Å². The summed E-state index contributed by atoms with van der Waals surface area (Å²) in [5.74, 6) is 0.286. The van der Waals surface area contributed by atoms with E-state index in [0.717, 1.165) is 0 Å². The first-order chi connectivity index (χ1) is 10.7. The summed E-state index contributed by atoms with van der Waals surface area (Å²) in [6.07, 6.45) is 0. The molecule has 1 aromatic heterocycles. The van der Waals surface area contributed by atoms with Gasteiger partial charge in [-0.3, -0.25) is 10.1 Å². The lowest BCUT2D eigenvalue weighted by Crippen LogP contribution is -2.41. The van der Waals surface area contributed by atoms with Gasteiger partial charge in [0.25, 0.3) is 5.69 Å². The molecule has 1 saturated heterocycles. The average Bonchev–Trinajstić information content (AvgIpc) is 3.05. The van der Waals surface area contributed by atoms with Crippen LogP contribution in [0.2, 0.25) is 0 Å². The van der Waals surface area contributed by atoms with E-state index in [9.17, 15) is 10.1 Å². The van der Waals surface area contributed by atoms with Crippen molar-refractivity contribution < 1.29 is 14.2 Å².